The minimum Gasteiger partial charge on any atom is -0.384 e. The van der Waals surface area contributed by atoms with Crippen molar-refractivity contribution in [2.45, 2.75) is 18.9 Å². The zero-order valence-corrected chi connectivity index (χ0v) is 7.43. The largest absolute Gasteiger partial charge is 0.384 e. The van der Waals surface area contributed by atoms with Crippen LogP contribution in [0.25, 0.3) is 0 Å². The summed E-state index contributed by atoms with van der Waals surface area (Å²) in [6, 6.07) is 0.328. The number of methoxy groups -OCH3 is 1. The van der Waals surface area contributed by atoms with Gasteiger partial charge in [-0.1, -0.05) is 0 Å². The molecule has 0 aromatic rings. The summed E-state index contributed by atoms with van der Waals surface area (Å²) in [5.74, 6) is 0.0885. The van der Waals surface area contributed by atoms with E-state index in [0.29, 0.717) is 19.1 Å². The zero-order valence-electron chi connectivity index (χ0n) is 7.43. The minimum absolute atomic E-state index is 0.0885. The van der Waals surface area contributed by atoms with E-state index in [2.05, 4.69) is 10.6 Å². The van der Waals surface area contributed by atoms with E-state index in [1.165, 1.54) is 0 Å². The summed E-state index contributed by atoms with van der Waals surface area (Å²) in [4.78, 5) is 11.1. The van der Waals surface area contributed by atoms with Crippen LogP contribution in [0.2, 0.25) is 0 Å². The Morgan fingerprint density at radius 2 is 2.58 bits per heavy atom. The Kier molecular flexibility index (Phi) is 4.04. The van der Waals surface area contributed by atoms with Crippen LogP contribution in [-0.4, -0.2) is 38.8 Å². The zero-order chi connectivity index (χ0) is 8.81. The molecule has 12 heavy (non-hydrogen) atoms. The van der Waals surface area contributed by atoms with Gasteiger partial charge in [0, 0.05) is 26.1 Å². The van der Waals surface area contributed by atoms with Crippen LogP contribution in [-0.2, 0) is 9.53 Å². The SMILES string of the molecule is COCCC(=O)N[C@@H]1CCNC1. The number of carbonyl (C=O) groups is 1. The van der Waals surface area contributed by atoms with E-state index in [1.807, 2.05) is 0 Å². The third-order valence-electron chi connectivity index (χ3n) is 1.96. The van der Waals surface area contributed by atoms with E-state index in [0.717, 1.165) is 19.5 Å². The summed E-state index contributed by atoms with van der Waals surface area (Å²) in [6.07, 6.45) is 1.51. The van der Waals surface area contributed by atoms with Gasteiger partial charge in [-0.05, 0) is 13.0 Å². The molecule has 0 saturated carbocycles. The Bertz CT molecular complexity index is 144. The predicted octanol–water partition coefficient (Wildman–Crippen LogP) is -0.499. The van der Waals surface area contributed by atoms with Crippen LogP contribution >= 0.6 is 0 Å². The molecule has 1 atom stereocenters. The first kappa shape index (κ1) is 9.48. The van der Waals surface area contributed by atoms with Crippen LogP contribution in [0.1, 0.15) is 12.8 Å². The van der Waals surface area contributed by atoms with Gasteiger partial charge >= 0.3 is 0 Å². The Morgan fingerprint density at radius 3 is 3.17 bits per heavy atom. The van der Waals surface area contributed by atoms with Crippen LogP contribution < -0.4 is 10.6 Å². The normalized spacial score (nSPS) is 22.6. The molecular weight excluding hydrogens is 156 g/mol. The summed E-state index contributed by atoms with van der Waals surface area (Å²) in [5.41, 5.74) is 0. The molecule has 1 aliphatic rings. The molecule has 1 fully saturated rings. The van der Waals surface area contributed by atoms with Crippen molar-refractivity contribution in [1.82, 2.24) is 10.6 Å². The number of carbonyl (C=O) groups excluding carboxylic acids is 1. The van der Waals surface area contributed by atoms with E-state index < -0.39 is 0 Å². The first-order valence-corrected chi connectivity index (χ1v) is 4.32. The number of hydrogen-bond donors (Lipinski definition) is 2. The molecule has 1 amide bonds. The highest BCUT2D eigenvalue weighted by Gasteiger charge is 2.15. The molecule has 1 aliphatic heterocycles. The van der Waals surface area contributed by atoms with Crippen molar-refractivity contribution in [2.24, 2.45) is 0 Å². The average molecular weight is 172 g/mol. The van der Waals surface area contributed by atoms with Crippen LogP contribution in [0, 0.1) is 0 Å². The number of nitrogens with one attached hydrogen (secondary N) is 2. The second kappa shape index (κ2) is 5.11. The number of amides is 1. The van der Waals surface area contributed by atoms with Crippen molar-refractivity contribution in [3.63, 3.8) is 0 Å². The molecule has 0 radical (unpaired) electrons. The topological polar surface area (TPSA) is 50.4 Å². The molecular formula is C8H16N2O2. The van der Waals surface area contributed by atoms with Crippen LogP contribution in [0.5, 0.6) is 0 Å². The van der Waals surface area contributed by atoms with E-state index >= 15 is 0 Å². The standard InChI is InChI=1S/C8H16N2O2/c1-12-5-3-8(11)10-7-2-4-9-6-7/h7,9H,2-6H2,1H3,(H,10,11)/t7-/m1/s1. The molecule has 0 spiro atoms. The highest BCUT2D eigenvalue weighted by molar-refractivity contribution is 5.76. The fourth-order valence-electron chi connectivity index (χ4n) is 1.27. The second-order valence-corrected chi connectivity index (χ2v) is 3.00. The van der Waals surface area contributed by atoms with Crippen molar-refractivity contribution in [1.29, 1.82) is 0 Å². The molecule has 1 heterocycles. The first-order chi connectivity index (χ1) is 5.83. The van der Waals surface area contributed by atoms with E-state index in [1.54, 1.807) is 7.11 Å². The average Bonchev–Trinajstić information content (AvgIpc) is 2.53. The summed E-state index contributed by atoms with van der Waals surface area (Å²) >= 11 is 0. The highest BCUT2D eigenvalue weighted by Crippen LogP contribution is 1.97. The molecule has 0 aromatic carbocycles. The monoisotopic (exact) mass is 172 g/mol. The Labute approximate surface area is 72.7 Å². The molecule has 70 valence electrons. The molecule has 0 bridgehead atoms. The van der Waals surface area contributed by atoms with Crippen molar-refractivity contribution in [3.8, 4) is 0 Å². The maximum absolute atomic E-state index is 11.1. The third-order valence-corrected chi connectivity index (χ3v) is 1.96. The van der Waals surface area contributed by atoms with Gasteiger partial charge in [0.1, 0.15) is 0 Å². The molecule has 0 unspecified atom stereocenters. The predicted molar refractivity (Wildman–Crippen MR) is 45.9 cm³/mol. The van der Waals surface area contributed by atoms with Gasteiger partial charge in [-0.2, -0.15) is 0 Å². The van der Waals surface area contributed by atoms with Crippen molar-refractivity contribution in [3.05, 3.63) is 0 Å². The second-order valence-electron chi connectivity index (χ2n) is 3.00. The highest BCUT2D eigenvalue weighted by atomic mass is 16.5. The molecule has 4 nitrogen and oxygen atoms in total. The van der Waals surface area contributed by atoms with Crippen molar-refractivity contribution in [2.75, 3.05) is 26.8 Å². The van der Waals surface area contributed by atoms with E-state index in [-0.39, 0.29) is 5.91 Å². The fraction of sp³-hybridized carbons (Fsp3) is 0.875. The lowest BCUT2D eigenvalue weighted by molar-refractivity contribution is -0.122. The Hall–Kier alpha value is -0.610. The molecule has 2 N–H and O–H groups in total. The first-order valence-electron chi connectivity index (χ1n) is 4.32. The van der Waals surface area contributed by atoms with E-state index in [4.69, 9.17) is 4.74 Å². The van der Waals surface area contributed by atoms with Gasteiger partial charge in [0.15, 0.2) is 0 Å². The number of ether oxygens (including phenoxy) is 1. The molecule has 1 rings (SSSR count). The lowest BCUT2D eigenvalue weighted by atomic mass is 10.2. The lowest BCUT2D eigenvalue weighted by Gasteiger charge is -2.10. The van der Waals surface area contributed by atoms with Crippen LogP contribution in [0.3, 0.4) is 0 Å². The van der Waals surface area contributed by atoms with Crippen molar-refractivity contribution < 1.29 is 9.53 Å². The molecule has 4 heteroatoms. The van der Waals surface area contributed by atoms with Gasteiger partial charge in [0.05, 0.1) is 6.61 Å². The van der Waals surface area contributed by atoms with Gasteiger partial charge in [-0.3, -0.25) is 4.79 Å². The lowest BCUT2D eigenvalue weighted by Crippen LogP contribution is -2.36. The summed E-state index contributed by atoms with van der Waals surface area (Å²) in [5, 5.41) is 6.12. The van der Waals surface area contributed by atoms with E-state index in [9.17, 15) is 4.79 Å². The van der Waals surface area contributed by atoms with Gasteiger partial charge in [0.2, 0.25) is 5.91 Å². The van der Waals surface area contributed by atoms with Crippen LogP contribution in [0.15, 0.2) is 0 Å². The smallest absolute Gasteiger partial charge is 0.222 e. The fourth-order valence-corrected chi connectivity index (χ4v) is 1.27. The Morgan fingerprint density at radius 1 is 1.75 bits per heavy atom. The minimum atomic E-state index is 0.0885. The summed E-state index contributed by atoms with van der Waals surface area (Å²) in [6.45, 7) is 2.42. The molecule has 0 aromatic heterocycles. The maximum atomic E-state index is 11.1. The van der Waals surface area contributed by atoms with Crippen LogP contribution in [0.4, 0.5) is 0 Å². The third kappa shape index (κ3) is 3.19. The van der Waals surface area contributed by atoms with Gasteiger partial charge in [-0.25, -0.2) is 0 Å². The molecule has 1 saturated heterocycles. The summed E-state index contributed by atoms with van der Waals surface area (Å²) in [7, 11) is 1.60. The summed E-state index contributed by atoms with van der Waals surface area (Å²) < 4.78 is 4.80. The van der Waals surface area contributed by atoms with Gasteiger partial charge in [0.25, 0.3) is 0 Å². The Balaban J connectivity index is 2.08. The van der Waals surface area contributed by atoms with Gasteiger partial charge in [-0.15, -0.1) is 0 Å². The van der Waals surface area contributed by atoms with Crippen molar-refractivity contribution >= 4 is 5.91 Å². The maximum Gasteiger partial charge on any atom is 0.222 e. The quantitative estimate of drug-likeness (QED) is 0.601. The molecule has 0 aliphatic carbocycles. The number of rotatable bonds is 4. The number of hydrogen-bond acceptors (Lipinski definition) is 3. The van der Waals surface area contributed by atoms with Gasteiger partial charge < -0.3 is 15.4 Å².